The van der Waals surface area contributed by atoms with Gasteiger partial charge in [-0.1, -0.05) is 39.9 Å². The Kier molecular flexibility index (Phi) is 6.98. The summed E-state index contributed by atoms with van der Waals surface area (Å²) in [5, 5.41) is 28.2. The monoisotopic (exact) mass is 665 g/mol. The van der Waals surface area contributed by atoms with Crippen LogP contribution in [0.5, 0.6) is 0 Å². The molecule has 1 saturated heterocycles. The Hall–Kier alpha value is -3.90. The first-order valence-electron chi connectivity index (χ1n) is 13.4. The van der Waals surface area contributed by atoms with Crippen LogP contribution in [0.3, 0.4) is 0 Å². The molecule has 1 saturated carbocycles. The highest BCUT2D eigenvalue weighted by Gasteiger charge is 2.54. The van der Waals surface area contributed by atoms with Crippen molar-refractivity contribution >= 4 is 40.3 Å². The van der Waals surface area contributed by atoms with Gasteiger partial charge >= 0.3 is 0 Å². The van der Waals surface area contributed by atoms with E-state index in [-0.39, 0.29) is 28.6 Å². The van der Waals surface area contributed by atoms with E-state index in [0.717, 1.165) is 35.1 Å². The molecular weight excluding hydrogens is 637 g/mol. The van der Waals surface area contributed by atoms with E-state index in [1.165, 1.54) is 0 Å². The molecule has 0 spiro atoms. The van der Waals surface area contributed by atoms with Crippen LogP contribution in [0.25, 0.3) is 0 Å². The lowest BCUT2D eigenvalue weighted by Gasteiger charge is -2.36. The van der Waals surface area contributed by atoms with E-state index in [1.807, 2.05) is 12.1 Å². The van der Waals surface area contributed by atoms with E-state index >= 15 is 0 Å². The molecule has 6 rings (SSSR count). The van der Waals surface area contributed by atoms with Crippen LogP contribution >= 0.6 is 22.6 Å². The van der Waals surface area contributed by atoms with E-state index in [4.69, 9.17) is 11.5 Å². The number of rotatable bonds is 8. The highest BCUT2D eigenvalue weighted by molar-refractivity contribution is 14.1. The summed E-state index contributed by atoms with van der Waals surface area (Å²) >= 11 is 2.27. The fraction of sp³-hybridized carbons (Fsp3) is 0.393. The van der Waals surface area contributed by atoms with Gasteiger partial charge in [0.2, 0.25) is 17.7 Å². The normalized spacial score (nSPS) is 22.4. The standard InChI is InChI=1S/C28H28IN9O3/c29-23(33-13-24(39)38-19(12-30)9-18-10-22(18)38)11-28(27-34-36-37-35-27)20-5-3-16(25(31)40)7-14(20)1-2-15-8-17(26(32)41)4-6-21(15)28/h3-8,18-19,22-23,33H,1-2,9-11,13H2,(H2,31,40)(H2,32,41)(H,34,35,36,37)/t18-,19?,22+,23+/m1/s1. The fourth-order valence-electron chi connectivity index (χ4n) is 6.61. The van der Waals surface area contributed by atoms with Crippen molar-refractivity contribution in [1.29, 1.82) is 5.26 Å². The maximum atomic E-state index is 13.2. The average Bonchev–Trinajstić information content (AvgIpc) is 3.35. The van der Waals surface area contributed by atoms with Gasteiger partial charge in [-0.05, 0) is 84.5 Å². The zero-order valence-electron chi connectivity index (χ0n) is 22.0. The smallest absolute Gasteiger partial charge is 0.248 e. The number of hydrogen-bond acceptors (Lipinski definition) is 8. The molecule has 0 bridgehead atoms. The number of carbonyl (C=O) groups excluding carboxylic acids is 3. The topological polar surface area (TPSA) is 197 Å². The molecule has 6 N–H and O–H groups in total. The molecule has 12 nitrogen and oxygen atoms in total. The number of aromatic amines is 1. The van der Waals surface area contributed by atoms with Gasteiger partial charge in [-0.3, -0.25) is 19.7 Å². The number of carbonyl (C=O) groups is 3. The lowest BCUT2D eigenvalue weighted by Crippen LogP contribution is -2.45. The van der Waals surface area contributed by atoms with Crippen LogP contribution in [-0.2, 0) is 23.1 Å². The molecule has 210 valence electrons. The number of nitrogens with zero attached hydrogens (tertiary/aromatic N) is 5. The van der Waals surface area contributed by atoms with Crippen molar-refractivity contribution in [2.45, 2.75) is 53.7 Å². The van der Waals surface area contributed by atoms with Crippen molar-refractivity contribution in [3.63, 3.8) is 0 Å². The van der Waals surface area contributed by atoms with E-state index < -0.39 is 17.2 Å². The number of halogens is 1. The maximum absolute atomic E-state index is 13.2. The van der Waals surface area contributed by atoms with Gasteiger partial charge < -0.3 is 16.4 Å². The molecule has 2 fully saturated rings. The predicted molar refractivity (Wildman–Crippen MR) is 155 cm³/mol. The minimum absolute atomic E-state index is 0.0816. The van der Waals surface area contributed by atoms with Crippen LogP contribution in [0.4, 0.5) is 0 Å². The van der Waals surface area contributed by atoms with Crippen molar-refractivity contribution in [1.82, 2.24) is 30.8 Å². The first-order chi connectivity index (χ1) is 19.7. The van der Waals surface area contributed by atoms with E-state index in [0.29, 0.717) is 42.1 Å². The van der Waals surface area contributed by atoms with Gasteiger partial charge in [-0.2, -0.15) is 10.5 Å². The Morgan fingerprint density at radius 1 is 1.10 bits per heavy atom. The zero-order valence-corrected chi connectivity index (χ0v) is 24.2. The number of fused-ring (bicyclic) bond motifs is 3. The number of hydrogen-bond donors (Lipinski definition) is 4. The van der Waals surface area contributed by atoms with Crippen molar-refractivity contribution in [3.05, 3.63) is 75.6 Å². The second-order valence-electron chi connectivity index (χ2n) is 10.9. The quantitative estimate of drug-likeness (QED) is 0.156. The highest BCUT2D eigenvalue weighted by atomic mass is 127. The van der Waals surface area contributed by atoms with Gasteiger partial charge in [0.1, 0.15) is 6.04 Å². The third kappa shape index (κ3) is 4.74. The molecular formula is C28H28IN9O3. The lowest BCUT2D eigenvalue weighted by atomic mass is 9.69. The summed E-state index contributed by atoms with van der Waals surface area (Å²) in [5.74, 6) is -0.289. The van der Waals surface area contributed by atoms with Crippen LogP contribution in [0.1, 0.15) is 68.1 Å². The minimum Gasteiger partial charge on any atom is -0.366 e. The van der Waals surface area contributed by atoms with Gasteiger partial charge in [-0.15, -0.1) is 10.2 Å². The Balaban J connectivity index is 1.40. The first kappa shape index (κ1) is 27.3. The number of benzene rings is 2. The summed E-state index contributed by atoms with van der Waals surface area (Å²) in [5.41, 5.74) is 14.6. The molecule has 3 aliphatic rings. The number of piperidine rings is 1. The van der Waals surface area contributed by atoms with E-state index in [9.17, 15) is 19.6 Å². The van der Waals surface area contributed by atoms with Crippen LogP contribution in [-0.4, -0.2) is 65.9 Å². The lowest BCUT2D eigenvalue weighted by molar-refractivity contribution is -0.131. The average molecular weight is 665 g/mol. The van der Waals surface area contributed by atoms with Crippen molar-refractivity contribution in [3.8, 4) is 6.07 Å². The van der Waals surface area contributed by atoms with Crippen molar-refractivity contribution in [2.75, 3.05) is 6.54 Å². The Morgan fingerprint density at radius 2 is 1.73 bits per heavy atom. The zero-order chi connectivity index (χ0) is 28.9. The molecule has 4 atom stereocenters. The van der Waals surface area contributed by atoms with Gasteiger partial charge in [-0.25, -0.2) is 0 Å². The minimum atomic E-state index is -0.952. The van der Waals surface area contributed by atoms with Gasteiger partial charge in [0, 0.05) is 17.2 Å². The molecule has 1 aliphatic heterocycles. The van der Waals surface area contributed by atoms with Crippen molar-refractivity contribution in [2.24, 2.45) is 17.4 Å². The number of aryl methyl sites for hydroxylation is 2. The number of nitrogens with one attached hydrogen (secondary N) is 2. The summed E-state index contributed by atoms with van der Waals surface area (Å²) in [4.78, 5) is 39.1. The van der Waals surface area contributed by atoms with E-state index in [1.54, 1.807) is 29.2 Å². The Labute approximate surface area is 249 Å². The van der Waals surface area contributed by atoms with Crippen LogP contribution in [0, 0.1) is 17.2 Å². The second kappa shape index (κ2) is 10.5. The molecule has 41 heavy (non-hydrogen) atoms. The SMILES string of the molecule is N#CC1C[C@@H]2C[C@@H]2N1C(=O)CN[C@H](I)CC1(c2nn[nH]n2)c2ccc(C(N)=O)cc2CCc2cc(C(N)=O)ccc21. The van der Waals surface area contributed by atoms with Gasteiger partial charge in [0.25, 0.3) is 0 Å². The number of tetrazole rings is 1. The molecule has 13 heteroatoms. The third-order valence-electron chi connectivity index (χ3n) is 8.59. The van der Waals surface area contributed by atoms with Crippen LogP contribution in [0.2, 0.25) is 0 Å². The predicted octanol–water partition coefficient (Wildman–Crippen LogP) is 1.08. The van der Waals surface area contributed by atoms with Gasteiger partial charge in [0.15, 0.2) is 5.82 Å². The molecule has 3 amide bonds. The molecule has 2 aliphatic carbocycles. The molecule has 3 aromatic rings. The Morgan fingerprint density at radius 3 is 2.27 bits per heavy atom. The number of amides is 3. The summed E-state index contributed by atoms with van der Waals surface area (Å²) < 4.78 is -0.251. The second-order valence-corrected chi connectivity index (χ2v) is 12.4. The number of likely N-dealkylation sites (tertiary alicyclic amines) is 1. The number of alkyl halides is 1. The fourth-order valence-corrected chi connectivity index (χ4v) is 7.49. The Bertz CT molecular complexity index is 1520. The summed E-state index contributed by atoms with van der Waals surface area (Å²) in [7, 11) is 0. The molecule has 0 radical (unpaired) electrons. The molecule has 1 aromatic heterocycles. The van der Waals surface area contributed by atoms with E-state index in [2.05, 4.69) is 54.6 Å². The third-order valence-corrected chi connectivity index (χ3v) is 9.47. The number of aromatic nitrogens is 4. The first-order valence-corrected chi connectivity index (χ1v) is 14.7. The molecule has 2 aromatic carbocycles. The largest absolute Gasteiger partial charge is 0.366 e. The number of nitriles is 1. The highest BCUT2D eigenvalue weighted by Crippen LogP contribution is 2.49. The van der Waals surface area contributed by atoms with Crippen molar-refractivity contribution < 1.29 is 14.4 Å². The van der Waals surface area contributed by atoms with Crippen LogP contribution < -0.4 is 16.8 Å². The van der Waals surface area contributed by atoms with Gasteiger partial charge in [0.05, 0.1) is 22.1 Å². The van der Waals surface area contributed by atoms with Crippen LogP contribution in [0.15, 0.2) is 36.4 Å². The maximum Gasteiger partial charge on any atom is 0.248 e. The number of H-pyrrole nitrogens is 1. The summed E-state index contributed by atoms with van der Waals surface area (Å²) in [6.07, 6.45) is 3.29. The number of nitrogens with two attached hydrogens (primary N) is 2. The molecule has 1 unspecified atom stereocenters. The number of primary amides is 2. The summed E-state index contributed by atoms with van der Waals surface area (Å²) in [6.45, 7) is 0.0816. The molecule has 2 heterocycles. The summed E-state index contributed by atoms with van der Waals surface area (Å²) in [6, 6.07) is 12.8.